The van der Waals surface area contributed by atoms with Crippen molar-refractivity contribution in [2.45, 2.75) is 56.8 Å². The van der Waals surface area contributed by atoms with Gasteiger partial charge in [0, 0.05) is 6.54 Å². The average Bonchev–Trinajstić information content (AvgIpc) is 2.70. The lowest BCUT2D eigenvalue weighted by molar-refractivity contribution is -0.149. The van der Waals surface area contributed by atoms with Gasteiger partial charge in [0.2, 0.25) is 5.91 Å². The largest absolute Gasteiger partial charge is 0.479 e. The molecule has 0 aromatic rings. The number of aliphatic carboxylic acids is 1. The Balaban J connectivity index is 1.70. The van der Waals surface area contributed by atoms with E-state index in [-0.39, 0.29) is 18.1 Å². The fourth-order valence-electron chi connectivity index (χ4n) is 2.63. The zero-order valence-corrected chi connectivity index (χ0v) is 11.1. The molecule has 2 heterocycles. The van der Waals surface area contributed by atoms with Crippen molar-refractivity contribution in [1.29, 1.82) is 0 Å². The normalized spacial score (nSPS) is 31.7. The van der Waals surface area contributed by atoms with Crippen molar-refractivity contribution in [3.8, 4) is 0 Å². The van der Waals surface area contributed by atoms with Gasteiger partial charge >= 0.3 is 5.97 Å². The van der Waals surface area contributed by atoms with Crippen LogP contribution in [0.25, 0.3) is 0 Å². The van der Waals surface area contributed by atoms with E-state index in [1.165, 1.54) is 6.42 Å². The van der Waals surface area contributed by atoms with E-state index in [2.05, 4.69) is 10.6 Å². The van der Waals surface area contributed by atoms with Gasteiger partial charge in [0.25, 0.3) is 0 Å². The van der Waals surface area contributed by atoms with E-state index >= 15 is 0 Å². The number of amides is 1. The quantitative estimate of drug-likeness (QED) is 0.682. The van der Waals surface area contributed by atoms with Crippen LogP contribution >= 0.6 is 0 Å². The molecule has 6 nitrogen and oxygen atoms in total. The molecule has 0 radical (unpaired) electrons. The summed E-state index contributed by atoms with van der Waals surface area (Å²) in [5.41, 5.74) is 0. The smallest absolute Gasteiger partial charge is 0.332 e. The molecule has 0 bridgehead atoms. The molecule has 108 valence electrons. The number of hydrogen-bond donors (Lipinski definition) is 3. The molecular weight excluding hydrogens is 248 g/mol. The average molecular weight is 270 g/mol. The Morgan fingerprint density at radius 2 is 2.05 bits per heavy atom. The van der Waals surface area contributed by atoms with Gasteiger partial charge in [-0.2, -0.15) is 0 Å². The molecule has 0 aromatic heterocycles. The van der Waals surface area contributed by atoms with Gasteiger partial charge in [-0.05, 0) is 32.2 Å². The van der Waals surface area contributed by atoms with Crippen LogP contribution in [0.1, 0.15) is 38.5 Å². The Labute approximate surface area is 112 Å². The fraction of sp³-hybridized carbons (Fsp3) is 0.846. The molecule has 2 fully saturated rings. The third-order valence-electron chi connectivity index (χ3n) is 3.76. The van der Waals surface area contributed by atoms with Crippen molar-refractivity contribution < 1.29 is 19.4 Å². The molecule has 3 N–H and O–H groups in total. The molecule has 2 saturated heterocycles. The van der Waals surface area contributed by atoms with E-state index in [1.807, 2.05) is 0 Å². The number of carboxylic acids is 1. The monoisotopic (exact) mass is 270 g/mol. The van der Waals surface area contributed by atoms with Crippen molar-refractivity contribution in [2.24, 2.45) is 0 Å². The Morgan fingerprint density at radius 1 is 1.21 bits per heavy atom. The van der Waals surface area contributed by atoms with Crippen molar-refractivity contribution in [1.82, 2.24) is 10.6 Å². The first-order valence-corrected chi connectivity index (χ1v) is 7.06. The zero-order chi connectivity index (χ0) is 13.7. The third-order valence-corrected chi connectivity index (χ3v) is 3.76. The molecule has 0 aromatic carbocycles. The molecule has 0 aliphatic carbocycles. The molecule has 3 atom stereocenters. The number of hydrogen-bond acceptors (Lipinski definition) is 4. The highest BCUT2D eigenvalue weighted by Crippen LogP contribution is 2.19. The predicted octanol–water partition coefficient (Wildman–Crippen LogP) is 0.267. The first kappa shape index (κ1) is 14.3. The summed E-state index contributed by atoms with van der Waals surface area (Å²) in [5, 5.41) is 14.9. The summed E-state index contributed by atoms with van der Waals surface area (Å²) in [7, 11) is 0. The SMILES string of the molecule is O=C(NCC1CCC(C(=O)O)O1)C1CCCCCN1. The van der Waals surface area contributed by atoms with E-state index in [0.29, 0.717) is 19.4 Å². The van der Waals surface area contributed by atoms with Crippen LogP contribution in [0.15, 0.2) is 0 Å². The van der Waals surface area contributed by atoms with E-state index in [9.17, 15) is 9.59 Å². The van der Waals surface area contributed by atoms with Gasteiger partial charge in [0.15, 0.2) is 6.10 Å². The second-order valence-corrected chi connectivity index (χ2v) is 5.26. The lowest BCUT2D eigenvalue weighted by Gasteiger charge is -2.17. The van der Waals surface area contributed by atoms with Crippen molar-refractivity contribution in [3.63, 3.8) is 0 Å². The van der Waals surface area contributed by atoms with Gasteiger partial charge in [0.05, 0.1) is 12.1 Å². The number of ether oxygens (including phenoxy) is 1. The maximum Gasteiger partial charge on any atom is 0.332 e. The molecule has 2 rings (SSSR count). The third kappa shape index (κ3) is 4.18. The maximum absolute atomic E-state index is 12.0. The topological polar surface area (TPSA) is 87.7 Å². The molecule has 0 spiro atoms. The van der Waals surface area contributed by atoms with E-state index < -0.39 is 12.1 Å². The molecule has 1 amide bonds. The molecule has 6 heteroatoms. The lowest BCUT2D eigenvalue weighted by atomic mass is 10.1. The van der Waals surface area contributed by atoms with Crippen LogP contribution < -0.4 is 10.6 Å². The van der Waals surface area contributed by atoms with Crippen LogP contribution in [-0.2, 0) is 14.3 Å². The van der Waals surface area contributed by atoms with Crippen LogP contribution in [0.2, 0.25) is 0 Å². The molecule has 2 aliphatic heterocycles. The summed E-state index contributed by atoms with van der Waals surface area (Å²) in [6, 6.07) is -0.112. The van der Waals surface area contributed by atoms with Gasteiger partial charge in [-0.3, -0.25) is 4.79 Å². The van der Waals surface area contributed by atoms with Crippen LogP contribution in [0.3, 0.4) is 0 Å². The Bertz CT molecular complexity index is 327. The molecule has 2 aliphatic rings. The summed E-state index contributed by atoms with van der Waals surface area (Å²) in [6.07, 6.45) is 4.57. The summed E-state index contributed by atoms with van der Waals surface area (Å²) < 4.78 is 5.35. The minimum atomic E-state index is -0.917. The van der Waals surface area contributed by atoms with Gasteiger partial charge in [-0.1, -0.05) is 12.8 Å². The van der Waals surface area contributed by atoms with Crippen LogP contribution in [0.5, 0.6) is 0 Å². The van der Waals surface area contributed by atoms with Gasteiger partial charge in [0.1, 0.15) is 0 Å². The van der Waals surface area contributed by atoms with Crippen molar-refractivity contribution in [3.05, 3.63) is 0 Å². The molecular formula is C13H22N2O4. The van der Waals surface area contributed by atoms with E-state index in [0.717, 1.165) is 25.8 Å². The second kappa shape index (κ2) is 6.86. The van der Waals surface area contributed by atoms with Crippen LogP contribution in [-0.4, -0.2) is 48.3 Å². The number of nitrogens with one attached hydrogen (secondary N) is 2. The predicted molar refractivity (Wildman–Crippen MR) is 68.8 cm³/mol. The van der Waals surface area contributed by atoms with Gasteiger partial charge in [-0.15, -0.1) is 0 Å². The van der Waals surface area contributed by atoms with Crippen LogP contribution in [0, 0.1) is 0 Å². The standard InChI is InChI=1S/C13H22N2O4/c16-12(10-4-2-1-3-7-14-10)15-8-9-5-6-11(19-9)13(17)18/h9-11,14H,1-8H2,(H,15,16)(H,17,18). The first-order chi connectivity index (χ1) is 9.16. The highest BCUT2D eigenvalue weighted by Gasteiger charge is 2.31. The minimum absolute atomic E-state index is 0.00396. The highest BCUT2D eigenvalue weighted by atomic mass is 16.5. The van der Waals surface area contributed by atoms with Crippen molar-refractivity contribution in [2.75, 3.05) is 13.1 Å². The lowest BCUT2D eigenvalue weighted by Crippen LogP contribution is -2.45. The minimum Gasteiger partial charge on any atom is -0.479 e. The Kier molecular flexibility index (Phi) is 5.15. The first-order valence-electron chi connectivity index (χ1n) is 7.06. The summed E-state index contributed by atoms with van der Waals surface area (Å²) in [5.74, 6) is -0.913. The number of carboxylic acid groups (broad SMARTS) is 1. The number of rotatable bonds is 4. The number of carbonyl (C=O) groups is 2. The van der Waals surface area contributed by atoms with Gasteiger partial charge < -0.3 is 20.5 Å². The second-order valence-electron chi connectivity index (χ2n) is 5.26. The van der Waals surface area contributed by atoms with E-state index in [1.54, 1.807) is 0 Å². The van der Waals surface area contributed by atoms with Crippen LogP contribution in [0.4, 0.5) is 0 Å². The molecule has 3 unspecified atom stereocenters. The highest BCUT2D eigenvalue weighted by molar-refractivity contribution is 5.81. The molecule has 0 saturated carbocycles. The molecule has 19 heavy (non-hydrogen) atoms. The zero-order valence-electron chi connectivity index (χ0n) is 11.1. The summed E-state index contributed by atoms with van der Waals surface area (Å²) in [4.78, 5) is 22.7. The summed E-state index contributed by atoms with van der Waals surface area (Å²) in [6.45, 7) is 1.29. The Hall–Kier alpha value is -1.14. The van der Waals surface area contributed by atoms with E-state index in [4.69, 9.17) is 9.84 Å². The maximum atomic E-state index is 12.0. The Morgan fingerprint density at radius 3 is 2.79 bits per heavy atom. The number of carbonyl (C=O) groups excluding carboxylic acids is 1. The van der Waals surface area contributed by atoms with Crippen molar-refractivity contribution >= 4 is 11.9 Å². The summed E-state index contributed by atoms with van der Waals surface area (Å²) >= 11 is 0. The van der Waals surface area contributed by atoms with Gasteiger partial charge in [-0.25, -0.2) is 4.79 Å². The fourth-order valence-corrected chi connectivity index (χ4v) is 2.63.